The van der Waals surface area contributed by atoms with Crippen molar-refractivity contribution in [1.82, 2.24) is 10.4 Å². The van der Waals surface area contributed by atoms with Gasteiger partial charge in [-0.05, 0) is 52.0 Å². The Labute approximate surface area is 161 Å². The lowest BCUT2D eigenvalue weighted by atomic mass is 9.74. The number of benzene rings is 1. The van der Waals surface area contributed by atoms with Gasteiger partial charge in [-0.15, -0.1) is 0 Å². The van der Waals surface area contributed by atoms with Crippen molar-refractivity contribution in [3.63, 3.8) is 0 Å². The second-order valence-electron chi connectivity index (χ2n) is 8.08. The summed E-state index contributed by atoms with van der Waals surface area (Å²) >= 11 is 0. The summed E-state index contributed by atoms with van der Waals surface area (Å²) in [4.78, 5) is 29.1. The monoisotopic (exact) mass is 376 g/mol. The number of piperidine rings is 1. The van der Waals surface area contributed by atoms with Gasteiger partial charge in [-0.25, -0.2) is 4.79 Å². The molecule has 6 heteroatoms. The van der Waals surface area contributed by atoms with Crippen molar-refractivity contribution in [2.75, 3.05) is 0 Å². The van der Waals surface area contributed by atoms with Gasteiger partial charge in [0.05, 0.1) is 0 Å². The van der Waals surface area contributed by atoms with Crippen LogP contribution in [0.3, 0.4) is 0 Å². The molecule has 2 rings (SSSR count). The molecule has 1 aliphatic heterocycles. The van der Waals surface area contributed by atoms with E-state index in [0.29, 0.717) is 12.8 Å². The molecule has 0 aliphatic carbocycles. The minimum absolute atomic E-state index is 0.104. The van der Waals surface area contributed by atoms with E-state index in [-0.39, 0.29) is 23.2 Å². The Balaban J connectivity index is 2.27. The molecule has 2 N–H and O–H groups in total. The van der Waals surface area contributed by atoms with Crippen LogP contribution in [-0.4, -0.2) is 39.2 Å². The minimum Gasteiger partial charge on any atom is -0.474 e. The third-order valence-electron chi connectivity index (χ3n) is 5.73. The summed E-state index contributed by atoms with van der Waals surface area (Å²) in [6, 6.07) is 9.89. The van der Waals surface area contributed by atoms with Gasteiger partial charge in [0, 0.05) is 17.1 Å². The van der Waals surface area contributed by atoms with E-state index in [1.54, 1.807) is 0 Å². The van der Waals surface area contributed by atoms with Crippen molar-refractivity contribution in [2.45, 2.75) is 83.5 Å². The molecule has 1 amide bonds. The van der Waals surface area contributed by atoms with Crippen molar-refractivity contribution in [2.24, 2.45) is 0 Å². The average molecular weight is 376 g/mol. The Kier molecular flexibility index (Phi) is 6.65. The second-order valence-corrected chi connectivity index (χ2v) is 8.08. The Morgan fingerprint density at radius 3 is 2.33 bits per heavy atom. The summed E-state index contributed by atoms with van der Waals surface area (Å²) in [6.07, 6.45) is 2.86. The summed E-state index contributed by atoms with van der Waals surface area (Å²) in [5.41, 5.74) is 0.473. The van der Waals surface area contributed by atoms with Gasteiger partial charge >= 0.3 is 11.9 Å². The van der Waals surface area contributed by atoms with Crippen LogP contribution in [0, 0.1) is 0 Å². The summed E-state index contributed by atoms with van der Waals surface area (Å²) < 4.78 is 0. The largest absolute Gasteiger partial charge is 0.474 e. The zero-order valence-electron chi connectivity index (χ0n) is 17.0. The summed E-state index contributed by atoms with van der Waals surface area (Å²) in [5, 5.41) is 13.7. The van der Waals surface area contributed by atoms with Crippen molar-refractivity contribution >= 4 is 11.9 Å². The second kappa shape index (κ2) is 8.40. The Hall–Kier alpha value is -1.92. The number of carbonyl (C=O) groups excluding carboxylic acids is 1. The molecular formula is C21H32N2O4. The molecule has 0 aromatic heterocycles. The van der Waals surface area contributed by atoms with Crippen LogP contribution >= 0.6 is 0 Å². The number of nitrogens with zero attached hydrogens (tertiary/aromatic N) is 1. The van der Waals surface area contributed by atoms with Crippen LogP contribution in [0.4, 0.5) is 0 Å². The molecule has 150 valence electrons. The quantitative estimate of drug-likeness (QED) is 0.741. The summed E-state index contributed by atoms with van der Waals surface area (Å²) in [6.45, 7) is 10.4. The van der Waals surface area contributed by atoms with Crippen LogP contribution in [0.1, 0.15) is 72.0 Å². The van der Waals surface area contributed by atoms with Crippen LogP contribution in [-0.2, 0) is 14.4 Å². The van der Waals surface area contributed by atoms with Gasteiger partial charge in [0.1, 0.15) is 6.10 Å². The maximum atomic E-state index is 11.7. The predicted molar refractivity (Wildman–Crippen MR) is 104 cm³/mol. The third-order valence-corrected chi connectivity index (χ3v) is 5.73. The standard InChI is InChI=1S/C21H32N2O4/c1-6-21(7-2)14-17(22-18(24)19(25)26)13-20(4,5)23(21)27-15(3)16-11-9-8-10-12-16/h8-12,15,17H,6-7,13-14H2,1-5H3,(H,22,24)(H,25,26). The van der Waals surface area contributed by atoms with E-state index in [1.165, 1.54) is 0 Å². The molecule has 0 saturated carbocycles. The molecule has 1 saturated heterocycles. The molecule has 6 nitrogen and oxygen atoms in total. The van der Waals surface area contributed by atoms with Crippen molar-refractivity contribution in [3.8, 4) is 0 Å². The zero-order chi connectivity index (χ0) is 20.2. The van der Waals surface area contributed by atoms with Crippen LogP contribution in [0.5, 0.6) is 0 Å². The Morgan fingerprint density at radius 2 is 1.81 bits per heavy atom. The van der Waals surface area contributed by atoms with E-state index in [4.69, 9.17) is 9.94 Å². The van der Waals surface area contributed by atoms with E-state index < -0.39 is 11.9 Å². The van der Waals surface area contributed by atoms with Crippen molar-refractivity contribution in [3.05, 3.63) is 35.9 Å². The maximum Gasteiger partial charge on any atom is 0.394 e. The fourth-order valence-corrected chi connectivity index (χ4v) is 4.31. The highest BCUT2D eigenvalue weighted by molar-refractivity contribution is 6.31. The number of nitrogens with one attached hydrogen (secondary N) is 1. The lowest BCUT2D eigenvalue weighted by molar-refractivity contribution is -0.316. The Morgan fingerprint density at radius 1 is 1.22 bits per heavy atom. The van der Waals surface area contributed by atoms with Gasteiger partial charge < -0.3 is 10.4 Å². The summed E-state index contributed by atoms with van der Waals surface area (Å²) in [7, 11) is 0. The first-order valence-electron chi connectivity index (χ1n) is 9.71. The lowest BCUT2D eigenvalue weighted by Gasteiger charge is -2.57. The molecule has 1 fully saturated rings. The number of hydroxylamine groups is 2. The first kappa shape index (κ1) is 21.4. The number of hydrogen-bond acceptors (Lipinski definition) is 4. The molecule has 2 atom stereocenters. The predicted octanol–water partition coefficient (Wildman–Crippen LogP) is 3.68. The zero-order valence-corrected chi connectivity index (χ0v) is 17.0. The normalized spacial score (nSPS) is 22.8. The number of amides is 1. The third kappa shape index (κ3) is 4.68. The minimum atomic E-state index is -1.44. The Bertz CT molecular complexity index is 655. The van der Waals surface area contributed by atoms with Crippen LogP contribution in [0.15, 0.2) is 30.3 Å². The number of carboxylic acid groups (broad SMARTS) is 1. The van der Waals surface area contributed by atoms with E-state index in [1.807, 2.05) is 25.1 Å². The molecule has 0 spiro atoms. The number of carbonyl (C=O) groups is 2. The van der Waals surface area contributed by atoms with Crippen molar-refractivity contribution in [1.29, 1.82) is 0 Å². The maximum absolute atomic E-state index is 11.7. The highest BCUT2D eigenvalue weighted by Crippen LogP contribution is 2.44. The molecule has 2 unspecified atom stereocenters. The fraction of sp³-hybridized carbons (Fsp3) is 0.619. The molecule has 0 bridgehead atoms. The van der Waals surface area contributed by atoms with E-state index in [0.717, 1.165) is 18.4 Å². The van der Waals surface area contributed by atoms with E-state index >= 15 is 0 Å². The van der Waals surface area contributed by atoms with Gasteiger partial charge in [-0.1, -0.05) is 44.2 Å². The number of carboxylic acids is 1. The molecular weight excluding hydrogens is 344 g/mol. The lowest BCUT2D eigenvalue weighted by Crippen LogP contribution is -2.66. The van der Waals surface area contributed by atoms with Crippen molar-refractivity contribution < 1.29 is 19.5 Å². The van der Waals surface area contributed by atoms with Crippen LogP contribution < -0.4 is 5.32 Å². The van der Waals surface area contributed by atoms with Crippen LogP contribution in [0.25, 0.3) is 0 Å². The molecule has 1 aliphatic rings. The smallest absolute Gasteiger partial charge is 0.394 e. The van der Waals surface area contributed by atoms with Gasteiger partial charge in [0.2, 0.25) is 0 Å². The van der Waals surface area contributed by atoms with E-state index in [9.17, 15) is 9.59 Å². The number of aliphatic carboxylic acids is 1. The molecule has 27 heavy (non-hydrogen) atoms. The van der Waals surface area contributed by atoms with E-state index in [2.05, 4.69) is 50.2 Å². The van der Waals surface area contributed by atoms with Crippen LogP contribution in [0.2, 0.25) is 0 Å². The molecule has 1 heterocycles. The molecule has 0 radical (unpaired) electrons. The number of hydrogen-bond donors (Lipinski definition) is 2. The molecule has 1 aromatic carbocycles. The highest BCUT2D eigenvalue weighted by Gasteiger charge is 2.50. The highest BCUT2D eigenvalue weighted by atomic mass is 16.7. The average Bonchev–Trinajstić information content (AvgIpc) is 2.63. The SMILES string of the molecule is CCC1(CC)CC(NC(=O)C(=O)O)CC(C)(C)N1OC(C)c1ccccc1. The van der Waals surface area contributed by atoms with Gasteiger partial charge in [-0.2, -0.15) is 5.06 Å². The first-order chi connectivity index (χ1) is 12.6. The summed E-state index contributed by atoms with van der Waals surface area (Å²) in [5.74, 6) is -2.38. The first-order valence-corrected chi connectivity index (χ1v) is 9.71. The topological polar surface area (TPSA) is 78.9 Å². The van der Waals surface area contributed by atoms with Gasteiger partial charge in [0.15, 0.2) is 0 Å². The number of rotatable bonds is 6. The van der Waals surface area contributed by atoms with Gasteiger partial charge in [0.25, 0.3) is 0 Å². The van der Waals surface area contributed by atoms with Gasteiger partial charge in [-0.3, -0.25) is 9.63 Å². The molecule has 1 aromatic rings. The fourth-order valence-electron chi connectivity index (χ4n) is 4.31.